The van der Waals surface area contributed by atoms with Crippen LogP contribution in [0.15, 0.2) is 67.0 Å². The second-order valence-electron chi connectivity index (χ2n) is 5.26. The van der Waals surface area contributed by atoms with E-state index in [9.17, 15) is 4.79 Å². The molecule has 24 heavy (non-hydrogen) atoms. The van der Waals surface area contributed by atoms with E-state index in [0.29, 0.717) is 23.2 Å². The van der Waals surface area contributed by atoms with E-state index in [1.54, 1.807) is 29.1 Å². The fourth-order valence-electron chi connectivity index (χ4n) is 2.31. The van der Waals surface area contributed by atoms with E-state index in [-0.39, 0.29) is 6.61 Å². The van der Waals surface area contributed by atoms with Crippen molar-refractivity contribution >= 4 is 5.97 Å². The molecule has 3 aromatic rings. The molecule has 0 N–H and O–H groups in total. The highest BCUT2D eigenvalue weighted by molar-refractivity contribution is 5.88. The van der Waals surface area contributed by atoms with Crippen molar-refractivity contribution < 1.29 is 9.53 Å². The lowest BCUT2D eigenvalue weighted by molar-refractivity contribution is 0.0472. The number of hydrogen-bond acceptors (Lipinski definition) is 4. The highest BCUT2D eigenvalue weighted by atomic mass is 16.5. The van der Waals surface area contributed by atoms with Gasteiger partial charge in [-0.15, -0.1) is 0 Å². The van der Waals surface area contributed by atoms with Gasteiger partial charge in [-0.1, -0.05) is 48.5 Å². The Hall–Kier alpha value is -3.39. The maximum Gasteiger partial charge on any atom is 0.341 e. The molecule has 1 aromatic heterocycles. The Labute approximate surface area is 139 Å². The molecule has 1 heterocycles. The lowest BCUT2D eigenvalue weighted by Gasteiger charge is -2.05. The predicted molar refractivity (Wildman–Crippen MR) is 88.0 cm³/mol. The normalized spacial score (nSPS) is 10.1. The Morgan fingerprint density at radius 1 is 1.12 bits per heavy atom. The van der Waals surface area contributed by atoms with Crippen LogP contribution in [-0.2, 0) is 17.9 Å². The molecule has 5 heteroatoms. The predicted octanol–water partition coefficient (Wildman–Crippen LogP) is 3.16. The summed E-state index contributed by atoms with van der Waals surface area (Å²) in [6, 6.07) is 19.0. The summed E-state index contributed by atoms with van der Waals surface area (Å²) < 4.78 is 6.97. The fourth-order valence-corrected chi connectivity index (χ4v) is 2.31. The Kier molecular flexibility index (Phi) is 4.68. The van der Waals surface area contributed by atoms with E-state index in [1.807, 2.05) is 36.4 Å². The molecule has 0 spiro atoms. The zero-order chi connectivity index (χ0) is 16.8. The second kappa shape index (κ2) is 7.25. The summed E-state index contributed by atoms with van der Waals surface area (Å²) in [6.45, 7) is 0.651. The van der Waals surface area contributed by atoms with Crippen LogP contribution < -0.4 is 0 Å². The number of aromatic nitrogens is 2. The number of nitriles is 1. The van der Waals surface area contributed by atoms with Gasteiger partial charge in [0.1, 0.15) is 6.61 Å². The fraction of sp³-hybridized carbons (Fsp3) is 0.105. The molecule has 3 rings (SSSR count). The van der Waals surface area contributed by atoms with Crippen molar-refractivity contribution in [1.29, 1.82) is 5.26 Å². The average molecular weight is 317 g/mol. The standard InChI is InChI=1S/C19H15N3O2/c20-10-16-8-4-5-9-17(16)14-24-19(23)18-11-21-22(13-18)12-15-6-2-1-3-7-15/h1-9,11,13H,12,14H2. The van der Waals surface area contributed by atoms with Gasteiger partial charge in [-0.05, 0) is 11.6 Å². The number of esters is 1. The number of hydrogen-bond donors (Lipinski definition) is 0. The summed E-state index contributed by atoms with van der Waals surface area (Å²) in [5.41, 5.74) is 2.68. The molecule has 0 bridgehead atoms. The molecule has 0 aliphatic rings. The maximum absolute atomic E-state index is 12.1. The van der Waals surface area contributed by atoms with Gasteiger partial charge < -0.3 is 4.74 Å². The summed E-state index contributed by atoms with van der Waals surface area (Å²) in [5, 5.41) is 13.2. The van der Waals surface area contributed by atoms with Crippen LogP contribution in [0.5, 0.6) is 0 Å². The summed E-state index contributed by atoms with van der Waals surface area (Å²) >= 11 is 0. The van der Waals surface area contributed by atoms with Crippen LogP contribution in [0.1, 0.15) is 27.0 Å². The summed E-state index contributed by atoms with van der Waals surface area (Å²) in [4.78, 5) is 12.1. The van der Waals surface area contributed by atoms with E-state index >= 15 is 0 Å². The first-order chi connectivity index (χ1) is 11.8. The first-order valence-electron chi connectivity index (χ1n) is 7.48. The third-order valence-electron chi connectivity index (χ3n) is 3.55. The van der Waals surface area contributed by atoms with Gasteiger partial charge in [0.05, 0.1) is 29.9 Å². The third-order valence-corrected chi connectivity index (χ3v) is 3.55. The van der Waals surface area contributed by atoms with Crippen molar-refractivity contribution in [3.8, 4) is 6.07 Å². The molecule has 0 aliphatic heterocycles. The van der Waals surface area contributed by atoms with Gasteiger partial charge >= 0.3 is 5.97 Å². The molecular formula is C19H15N3O2. The molecule has 5 nitrogen and oxygen atoms in total. The van der Waals surface area contributed by atoms with Gasteiger partial charge in [-0.25, -0.2) is 4.79 Å². The number of benzene rings is 2. The second-order valence-corrected chi connectivity index (χ2v) is 5.26. The van der Waals surface area contributed by atoms with E-state index in [2.05, 4.69) is 11.2 Å². The van der Waals surface area contributed by atoms with Crippen LogP contribution in [0.3, 0.4) is 0 Å². The van der Waals surface area contributed by atoms with Crippen LogP contribution in [0.4, 0.5) is 0 Å². The minimum atomic E-state index is -0.456. The zero-order valence-electron chi connectivity index (χ0n) is 12.9. The Balaban J connectivity index is 1.63. The van der Waals surface area contributed by atoms with Crippen LogP contribution >= 0.6 is 0 Å². The van der Waals surface area contributed by atoms with Crippen molar-refractivity contribution in [2.45, 2.75) is 13.2 Å². The first-order valence-corrected chi connectivity index (χ1v) is 7.48. The van der Waals surface area contributed by atoms with Crippen molar-refractivity contribution in [3.63, 3.8) is 0 Å². The minimum absolute atomic E-state index is 0.0619. The SMILES string of the molecule is N#Cc1ccccc1COC(=O)c1cnn(Cc2ccccc2)c1. The lowest BCUT2D eigenvalue weighted by Crippen LogP contribution is -2.05. The molecule has 0 aliphatic carbocycles. The van der Waals surface area contributed by atoms with Crippen molar-refractivity contribution in [2.75, 3.05) is 0 Å². The molecule has 0 unspecified atom stereocenters. The first kappa shape index (κ1) is 15.5. The van der Waals surface area contributed by atoms with Crippen LogP contribution in [0.2, 0.25) is 0 Å². The lowest BCUT2D eigenvalue weighted by atomic mass is 10.1. The molecule has 118 valence electrons. The highest BCUT2D eigenvalue weighted by Gasteiger charge is 2.11. The van der Waals surface area contributed by atoms with E-state index in [0.717, 1.165) is 5.56 Å². The monoisotopic (exact) mass is 317 g/mol. The quantitative estimate of drug-likeness (QED) is 0.678. The van der Waals surface area contributed by atoms with Crippen LogP contribution in [0, 0.1) is 11.3 Å². The van der Waals surface area contributed by atoms with E-state index < -0.39 is 5.97 Å². The van der Waals surface area contributed by atoms with Crippen molar-refractivity contribution in [1.82, 2.24) is 9.78 Å². The van der Waals surface area contributed by atoms with Crippen LogP contribution in [-0.4, -0.2) is 15.7 Å². The van der Waals surface area contributed by atoms with E-state index in [4.69, 9.17) is 10.00 Å². The summed E-state index contributed by atoms with van der Waals surface area (Å²) in [7, 11) is 0. The maximum atomic E-state index is 12.1. The number of rotatable bonds is 5. The van der Waals surface area contributed by atoms with Gasteiger partial charge in [0.25, 0.3) is 0 Å². The smallest absolute Gasteiger partial charge is 0.341 e. The molecule has 0 amide bonds. The molecule has 0 fully saturated rings. The minimum Gasteiger partial charge on any atom is -0.457 e. The van der Waals surface area contributed by atoms with Crippen LogP contribution in [0.25, 0.3) is 0 Å². The Bertz CT molecular complexity index is 879. The van der Waals surface area contributed by atoms with Gasteiger partial charge in [-0.2, -0.15) is 10.4 Å². The Morgan fingerprint density at radius 2 is 1.88 bits per heavy atom. The third kappa shape index (κ3) is 3.68. The van der Waals surface area contributed by atoms with E-state index in [1.165, 1.54) is 6.20 Å². The zero-order valence-corrected chi connectivity index (χ0v) is 12.9. The number of carbonyl (C=O) groups excluding carboxylic acids is 1. The van der Waals surface area contributed by atoms with Crippen molar-refractivity contribution in [3.05, 3.63) is 89.2 Å². The Morgan fingerprint density at radius 3 is 2.67 bits per heavy atom. The average Bonchev–Trinajstić information content (AvgIpc) is 3.09. The van der Waals surface area contributed by atoms with Gasteiger partial charge in [-0.3, -0.25) is 4.68 Å². The number of ether oxygens (including phenoxy) is 1. The number of nitrogens with zero attached hydrogens (tertiary/aromatic N) is 3. The van der Waals surface area contributed by atoms with Gasteiger partial charge in [0.15, 0.2) is 0 Å². The molecule has 0 saturated heterocycles. The molecule has 0 saturated carbocycles. The van der Waals surface area contributed by atoms with Crippen molar-refractivity contribution in [2.24, 2.45) is 0 Å². The largest absolute Gasteiger partial charge is 0.457 e. The molecule has 0 radical (unpaired) electrons. The topological polar surface area (TPSA) is 67.9 Å². The summed E-state index contributed by atoms with van der Waals surface area (Å²) in [6.07, 6.45) is 3.15. The molecule has 2 aromatic carbocycles. The van der Waals surface area contributed by atoms with Gasteiger partial charge in [0.2, 0.25) is 0 Å². The van der Waals surface area contributed by atoms with Gasteiger partial charge in [0, 0.05) is 11.8 Å². The summed E-state index contributed by atoms with van der Waals surface area (Å²) in [5.74, 6) is -0.456. The highest BCUT2D eigenvalue weighted by Crippen LogP contribution is 2.11. The molecular weight excluding hydrogens is 302 g/mol. The molecule has 0 atom stereocenters. The number of carbonyl (C=O) groups is 1.